The summed E-state index contributed by atoms with van der Waals surface area (Å²) in [4.78, 5) is 27.7. The number of alkyl carbamates (subject to hydrolysis) is 1. The molecule has 1 amide bonds. The molecule has 0 bridgehead atoms. The first kappa shape index (κ1) is 25.3. The molecule has 1 aliphatic rings. The zero-order valence-electron chi connectivity index (χ0n) is 19.2. The van der Waals surface area contributed by atoms with Gasteiger partial charge in [-0.3, -0.25) is 10.1 Å². The van der Waals surface area contributed by atoms with Crippen LogP contribution in [-0.4, -0.2) is 27.6 Å². The number of carbonyl (C=O) groups is 1. The van der Waals surface area contributed by atoms with Crippen LogP contribution in [0.15, 0.2) is 53.1 Å². The highest BCUT2D eigenvalue weighted by molar-refractivity contribution is 9.10. The molecule has 9 nitrogen and oxygen atoms in total. The zero-order valence-corrected chi connectivity index (χ0v) is 20.8. The van der Waals surface area contributed by atoms with E-state index in [-0.39, 0.29) is 34.9 Å². The molecule has 0 saturated heterocycles. The summed E-state index contributed by atoms with van der Waals surface area (Å²) in [5, 5.41) is 27.6. The maximum atomic E-state index is 14.0. The monoisotopic (exact) mass is 555 g/mol. The van der Waals surface area contributed by atoms with Crippen LogP contribution in [0.25, 0.3) is 10.9 Å². The van der Waals surface area contributed by atoms with Gasteiger partial charge in [-0.1, -0.05) is 30.3 Å². The Hall–Kier alpha value is -3.78. The summed E-state index contributed by atoms with van der Waals surface area (Å²) in [6, 6.07) is 14.0. The zero-order chi connectivity index (χ0) is 25.7. The molecule has 0 unspecified atom stereocenters. The van der Waals surface area contributed by atoms with Crippen molar-refractivity contribution >= 4 is 44.3 Å². The molecule has 0 atom stereocenters. The van der Waals surface area contributed by atoms with E-state index in [1.807, 2.05) is 30.3 Å². The number of hydrogen-bond donors (Lipinski definition) is 2. The Labute approximate surface area is 214 Å². The van der Waals surface area contributed by atoms with Gasteiger partial charge in [-0.25, -0.2) is 14.2 Å². The number of pyridine rings is 1. The van der Waals surface area contributed by atoms with Crippen molar-refractivity contribution in [1.29, 1.82) is 5.26 Å². The van der Waals surface area contributed by atoms with Crippen molar-refractivity contribution in [2.24, 2.45) is 0 Å². The van der Waals surface area contributed by atoms with Crippen molar-refractivity contribution in [2.75, 3.05) is 5.32 Å². The van der Waals surface area contributed by atoms with Gasteiger partial charge in [0, 0.05) is 17.5 Å². The van der Waals surface area contributed by atoms with E-state index in [1.54, 1.807) is 0 Å². The minimum atomic E-state index is -0.751. The molecule has 36 heavy (non-hydrogen) atoms. The molecule has 3 aromatic rings. The molecule has 0 spiro atoms. The van der Waals surface area contributed by atoms with Gasteiger partial charge >= 0.3 is 11.8 Å². The molecule has 0 radical (unpaired) electrons. The number of carbonyl (C=O) groups excluding carboxylic acids is 1. The van der Waals surface area contributed by atoms with Gasteiger partial charge in [-0.05, 0) is 53.2 Å². The van der Waals surface area contributed by atoms with E-state index >= 15 is 0 Å². The van der Waals surface area contributed by atoms with Crippen LogP contribution in [0.4, 0.5) is 20.6 Å². The third-order valence-electron chi connectivity index (χ3n) is 6.38. The second kappa shape index (κ2) is 10.9. The second-order valence-electron chi connectivity index (χ2n) is 8.78. The summed E-state index contributed by atoms with van der Waals surface area (Å²) in [6.07, 6.45) is 2.69. The molecule has 11 heteroatoms. The minimum absolute atomic E-state index is 0.116. The molecule has 0 aliphatic heterocycles. The lowest BCUT2D eigenvalue weighted by Crippen LogP contribution is -2.52. The van der Waals surface area contributed by atoms with Crippen molar-refractivity contribution in [2.45, 2.75) is 50.3 Å². The topological polar surface area (TPSA) is 130 Å². The fraction of sp³-hybridized carbons (Fsp3) is 0.320. The molecule has 2 aromatic carbocycles. The van der Waals surface area contributed by atoms with E-state index in [2.05, 4.69) is 37.6 Å². The Morgan fingerprint density at radius 2 is 2.03 bits per heavy atom. The number of hydrogen-bond acceptors (Lipinski definition) is 7. The molecule has 186 valence electrons. The number of nitrogens with one attached hydrogen (secondary N) is 2. The third kappa shape index (κ3) is 5.71. The molecule has 1 fully saturated rings. The van der Waals surface area contributed by atoms with Crippen LogP contribution < -0.4 is 10.6 Å². The average molecular weight is 556 g/mol. The van der Waals surface area contributed by atoms with Crippen molar-refractivity contribution in [1.82, 2.24) is 10.3 Å². The Balaban J connectivity index is 1.47. The SMILES string of the molecule is N#CCC1(NC(=O)OCc2ccccc2)CCC(Nc2c([N+](=O)[O-])cnc3cc(F)c(Br)cc23)CC1. The summed E-state index contributed by atoms with van der Waals surface area (Å²) in [6.45, 7) is 0.119. The second-order valence-corrected chi connectivity index (χ2v) is 9.63. The van der Waals surface area contributed by atoms with E-state index in [1.165, 1.54) is 12.1 Å². The first-order valence-corrected chi connectivity index (χ1v) is 12.1. The van der Waals surface area contributed by atoms with E-state index < -0.39 is 22.4 Å². The Morgan fingerprint density at radius 3 is 2.69 bits per heavy atom. The highest BCUT2D eigenvalue weighted by Gasteiger charge is 2.38. The third-order valence-corrected chi connectivity index (χ3v) is 6.98. The lowest BCUT2D eigenvalue weighted by Gasteiger charge is -2.39. The largest absolute Gasteiger partial charge is 0.445 e. The first-order chi connectivity index (χ1) is 17.3. The van der Waals surface area contributed by atoms with Crippen LogP contribution in [-0.2, 0) is 11.3 Å². The molecule has 2 N–H and O–H groups in total. The Bertz CT molecular complexity index is 1320. The summed E-state index contributed by atoms with van der Waals surface area (Å²) in [7, 11) is 0. The van der Waals surface area contributed by atoms with Gasteiger partial charge in [-0.15, -0.1) is 0 Å². The molecule has 1 heterocycles. The van der Waals surface area contributed by atoms with Gasteiger partial charge in [-0.2, -0.15) is 5.26 Å². The number of aromatic nitrogens is 1. The normalized spacial score (nSPS) is 19.3. The van der Waals surface area contributed by atoms with Crippen LogP contribution in [0, 0.1) is 27.3 Å². The van der Waals surface area contributed by atoms with Crippen LogP contribution in [0.1, 0.15) is 37.7 Å². The highest BCUT2D eigenvalue weighted by atomic mass is 79.9. The van der Waals surface area contributed by atoms with E-state index in [0.717, 1.165) is 11.8 Å². The number of ether oxygens (including phenoxy) is 1. The average Bonchev–Trinajstić information content (AvgIpc) is 2.86. The van der Waals surface area contributed by atoms with Gasteiger partial charge in [0.15, 0.2) is 0 Å². The predicted molar refractivity (Wildman–Crippen MR) is 135 cm³/mol. The smallest absolute Gasteiger partial charge is 0.407 e. The Kier molecular flexibility index (Phi) is 7.64. The maximum Gasteiger partial charge on any atom is 0.407 e. The van der Waals surface area contributed by atoms with Gasteiger partial charge in [0.1, 0.15) is 24.3 Å². The van der Waals surface area contributed by atoms with Gasteiger partial charge in [0.2, 0.25) is 0 Å². The van der Waals surface area contributed by atoms with Crippen molar-refractivity contribution in [3.05, 3.63) is 74.6 Å². The fourth-order valence-electron chi connectivity index (χ4n) is 4.46. The molecular weight excluding hydrogens is 533 g/mol. The van der Waals surface area contributed by atoms with Crippen molar-refractivity contribution < 1.29 is 18.8 Å². The predicted octanol–water partition coefficient (Wildman–Crippen LogP) is 5.98. The molecule has 1 aromatic heterocycles. The number of benzene rings is 2. The van der Waals surface area contributed by atoms with Gasteiger partial charge in [0.25, 0.3) is 0 Å². The van der Waals surface area contributed by atoms with Crippen LogP contribution in [0.3, 0.4) is 0 Å². The number of anilines is 1. The van der Waals surface area contributed by atoms with Gasteiger partial charge < -0.3 is 15.4 Å². The van der Waals surface area contributed by atoms with Gasteiger partial charge in [0.05, 0.1) is 32.9 Å². The lowest BCUT2D eigenvalue weighted by atomic mass is 9.77. The molecular formula is C25H23BrFN5O4. The van der Waals surface area contributed by atoms with Crippen LogP contribution in [0.2, 0.25) is 0 Å². The number of nitro groups is 1. The molecule has 1 aliphatic carbocycles. The standard InChI is InChI=1S/C25H23BrFN5O4/c26-19-12-18-21(13-20(19)27)29-14-22(32(34)35)23(18)30-17-6-8-25(9-7-17,10-11-28)31-24(33)36-15-16-4-2-1-3-5-16/h1-5,12-14,17H,6-10,15H2,(H,29,30)(H,31,33). The fourth-order valence-corrected chi connectivity index (χ4v) is 4.80. The summed E-state index contributed by atoms with van der Waals surface area (Å²) >= 11 is 3.14. The molecule has 4 rings (SSSR count). The number of nitrogens with zero attached hydrogens (tertiary/aromatic N) is 3. The van der Waals surface area contributed by atoms with Crippen LogP contribution >= 0.6 is 15.9 Å². The number of nitriles is 1. The minimum Gasteiger partial charge on any atom is -0.445 e. The van der Waals surface area contributed by atoms with Crippen molar-refractivity contribution in [3.8, 4) is 6.07 Å². The lowest BCUT2D eigenvalue weighted by molar-refractivity contribution is -0.384. The number of amides is 1. The number of halogens is 2. The maximum absolute atomic E-state index is 14.0. The highest BCUT2D eigenvalue weighted by Crippen LogP contribution is 2.38. The molecule has 1 saturated carbocycles. The Morgan fingerprint density at radius 1 is 1.31 bits per heavy atom. The summed E-state index contributed by atoms with van der Waals surface area (Å²) in [5.74, 6) is -0.515. The van der Waals surface area contributed by atoms with Crippen LogP contribution in [0.5, 0.6) is 0 Å². The summed E-state index contributed by atoms with van der Waals surface area (Å²) in [5.41, 5.74) is 0.448. The summed E-state index contributed by atoms with van der Waals surface area (Å²) < 4.78 is 19.5. The number of fused-ring (bicyclic) bond motifs is 1. The quantitative estimate of drug-likeness (QED) is 0.271. The van der Waals surface area contributed by atoms with Crippen molar-refractivity contribution in [3.63, 3.8) is 0 Å². The van der Waals surface area contributed by atoms with E-state index in [4.69, 9.17) is 4.74 Å². The first-order valence-electron chi connectivity index (χ1n) is 11.3. The number of rotatable bonds is 7. The van der Waals surface area contributed by atoms with E-state index in [0.29, 0.717) is 36.6 Å². The van der Waals surface area contributed by atoms with E-state index in [9.17, 15) is 24.6 Å².